The number of aromatic nitrogens is 4. The molecular formula is C21H19N5OS. The third-order valence-corrected chi connectivity index (χ3v) is 5.66. The van der Waals surface area contributed by atoms with Crippen molar-refractivity contribution in [2.24, 2.45) is 0 Å². The highest BCUT2D eigenvalue weighted by atomic mass is 32.1. The van der Waals surface area contributed by atoms with Gasteiger partial charge in [0.2, 0.25) is 0 Å². The third kappa shape index (κ3) is 3.36. The van der Waals surface area contributed by atoms with Crippen LogP contribution >= 0.6 is 11.3 Å². The van der Waals surface area contributed by atoms with Gasteiger partial charge in [0.15, 0.2) is 0 Å². The van der Waals surface area contributed by atoms with Crippen LogP contribution in [0.1, 0.15) is 39.8 Å². The van der Waals surface area contributed by atoms with Crippen molar-refractivity contribution in [1.29, 1.82) is 0 Å². The van der Waals surface area contributed by atoms with Crippen LogP contribution in [0, 0.1) is 0 Å². The van der Waals surface area contributed by atoms with Crippen LogP contribution in [0.3, 0.4) is 0 Å². The molecule has 1 fully saturated rings. The Morgan fingerprint density at radius 3 is 2.75 bits per heavy atom. The van der Waals surface area contributed by atoms with Crippen LogP contribution in [0.4, 0.5) is 5.82 Å². The summed E-state index contributed by atoms with van der Waals surface area (Å²) in [6.45, 7) is 0.631. The average molecular weight is 389 g/mol. The molecular weight excluding hydrogens is 370 g/mol. The van der Waals surface area contributed by atoms with Gasteiger partial charge in [-0.15, -0.1) is 11.3 Å². The zero-order valence-electron chi connectivity index (χ0n) is 15.2. The van der Waals surface area contributed by atoms with Gasteiger partial charge in [-0.25, -0.2) is 9.36 Å². The number of hydrogen-bond donors (Lipinski definition) is 1. The topological polar surface area (TPSA) is 64.7 Å². The summed E-state index contributed by atoms with van der Waals surface area (Å²) in [5, 5.41) is 14.1. The highest BCUT2D eigenvalue weighted by molar-refractivity contribution is 7.09. The first-order chi connectivity index (χ1) is 13.8. The van der Waals surface area contributed by atoms with E-state index < -0.39 is 0 Å². The number of nitrogens with one attached hydrogen (secondary N) is 1. The normalized spacial score (nSPS) is 13.6. The molecule has 0 unspecified atom stereocenters. The molecule has 0 atom stereocenters. The summed E-state index contributed by atoms with van der Waals surface area (Å²) in [6, 6.07) is 17.6. The van der Waals surface area contributed by atoms with Gasteiger partial charge in [0.05, 0.1) is 24.1 Å². The molecule has 1 amide bonds. The van der Waals surface area contributed by atoms with E-state index in [1.807, 2.05) is 53.9 Å². The van der Waals surface area contributed by atoms with Crippen molar-refractivity contribution in [2.75, 3.05) is 5.32 Å². The molecule has 28 heavy (non-hydrogen) atoms. The van der Waals surface area contributed by atoms with Crippen LogP contribution in [0.2, 0.25) is 0 Å². The molecule has 3 heterocycles. The molecule has 4 aromatic rings. The fourth-order valence-corrected chi connectivity index (χ4v) is 3.89. The maximum Gasteiger partial charge on any atom is 0.275 e. The van der Waals surface area contributed by atoms with E-state index in [2.05, 4.69) is 16.5 Å². The van der Waals surface area contributed by atoms with Crippen LogP contribution in [-0.2, 0) is 6.54 Å². The Bertz CT molecular complexity index is 1090. The van der Waals surface area contributed by atoms with Gasteiger partial charge in [0.25, 0.3) is 5.91 Å². The van der Waals surface area contributed by atoms with Gasteiger partial charge in [-0.1, -0.05) is 24.3 Å². The van der Waals surface area contributed by atoms with E-state index in [1.54, 1.807) is 26.9 Å². The largest absolute Gasteiger partial charge is 0.305 e. The first-order valence-electron chi connectivity index (χ1n) is 9.29. The second-order valence-electron chi connectivity index (χ2n) is 6.88. The summed E-state index contributed by atoms with van der Waals surface area (Å²) < 4.78 is 3.54. The monoisotopic (exact) mass is 389 g/mol. The van der Waals surface area contributed by atoms with Crippen LogP contribution < -0.4 is 5.32 Å². The van der Waals surface area contributed by atoms with Crippen molar-refractivity contribution in [3.8, 4) is 5.69 Å². The minimum absolute atomic E-state index is 0.184. The quantitative estimate of drug-likeness (QED) is 0.534. The molecule has 1 saturated carbocycles. The van der Waals surface area contributed by atoms with Gasteiger partial charge in [0.1, 0.15) is 11.5 Å². The van der Waals surface area contributed by atoms with Gasteiger partial charge in [0, 0.05) is 16.9 Å². The van der Waals surface area contributed by atoms with Crippen LogP contribution in [0.5, 0.6) is 0 Å². The molecule has 0 saturated heterocycles. The Kier molecular flexibility index (Phi) is 4.29. The number of nitrogens with zero attached hydrogens (tertiary/aromatic N) is 4. The fraction of sp³-hybridized carbons (Fsp3) is 0.190. The van der Waals surface area contributed by atoms with Crippen LogP contribution in [0.25, 0.3) is 5.69 Å². The van der Waals surface area contributed by atoms with Crippen molar-refractivity contribution in [3.05, 3.63) is 82.4 Å². The summed E-state index contributed by atoms with van der Waals surface area (Å²) in [4.78, 5) is 14.3. The molecule has 0 spiro atoms. The number of thiophene rings is 1. The number of anilines is 1. The molecule has 1 aromatic carbocycles. The Hall–Kier alpha value is -3.19. The van der Waals surface area contributed by atoms with Crippen molar-refractivity contribution < 1.29 is 4.79 Å². The number of hydrogen-bond acceptors (Lipinski definition) is 4. The van der Waals surface area contributed by atoms with Crippen LogP contribution in [-0.4, -0.2) is 25.5 Å². The lowest BCUT2D eigenvalue weighted by Crippen LogP contribution is -2.19. The molecule has 1 aliphatic rings. The zero-order chi connectivity index (χ0) is 18.9. The number of amides is 1. The van der Waals surface area contributed by atoms with E-state index >= 15 is 0 Å². The maximum absolute atomic E-state index is 13.1. The lowest BCUT2D eigenvalue weighted by atomic mass is 10.2. The Morgan fingerprint density at radius 1 is 1.14 bits per heavy atom. The Labute approximate surface area is 166 Å². The van der Waals surface area contributed by atoms with E-state index in [-0.39, 0.29) is 5.91 Å². The van der Waals surface area contributed by atoms with E-state index in [1.165, 1.54) is 4.88 Å². The average Bonchev–Trinajstić information content (AvgIpc) is 3.10. The predicted molar refractivity (Wildman–Crippen MR) is 109 cm³/mol. The molecule has 5 rings (SSSR count). The lowest BCUT2D eigenvalue weighted by molar-refractivity contribution is 0.101. The number of carbonyl (C=O) groups is 1. The standard InChI is InChI=1S/C21H19N5OS/c27-21(23-20-10-11-22-25(20)14-17-7-4-12-28-17)19-13-18(15-8-9-15)24-26(19)16-5-2-1-3-6-16/h1-7,10-13,15H,8-9,14H2,(H,23,27). The molecule has 1 N–H and O–H groups in total. The molecule has 140 valence electrons. The lowest BCUT2D eigenvalue weighted by Gasteiger charge is -2.10. The number of carbonyl (C=O) groups excluding carboxylic acids is 1. The fourth-order valence-electron chi connectivity index (χ4n) is 3.20. The van der Waals surface area contributed by atoms with Gasteiger partial charge < -0.3 is 5.32 Å². The predicted octanol–water partition coefficient (Wildman–Crippen LogP) is 4.31. The number of para-hydroxylation sites is 1. The van der Waals surface area contributed by atoms with E-state index in [4.69, 9.17) is 5.10 Å². The van der Waals surface area contributed by atoms with Crippen molar-refractivity contribution >= 4 is 23.1 Å². The second kappa shape index (κ2) is 7.09. The molecule has 0 aliphatic heterocycles. The number of rotatable bonds is 6. The van der Waals surface area contributed by atoms with Gasteiger partial charge in [-0.3, -0.25) is 4.79 Å². The van der Waals surface area contributed by atoms with E-state index in [9.17, 15) is 4.79 Å². The zero-order valence-corrected chi connectivity index (χ0v) is 16.0. The summed E-state index contributed by atoms with van der Waals surface area (Å²) in [7, 11) is 0. The number of benzene rings is 1. The summed E-state index contributed by atoms with van der Waals surface area (Å²) in [6.07, 6.45) is 3.98. The first kappa shape index (κ1) is 16.9. The van der Waals surface area contributed by atoms with Gasteiger partial charge >= 0.3 is 0 Å². The van der Waals surface area contributed by atoms with Crippen LogP contribution in [0.15, 0.2) is 66.2 Å². The summed E-state index contributed by atoms with van der Waals surface area (Å²) in [5.41, 5.74) is 2.41. The maximum atomic E-state index is 13.1. The van der Waals surface area contributed by atoms with Gasteiger partial charge in [-0.05, 0) is 42.5 Å². The van der Waals surface area contributed by atoms with E-state index in [0.717, 1.165) is 24.2 Å². The first-order valence-corrected chi connectivity index (χ1v) is 10.2. The Balaban J connectivity index is 1.44. The minimum atomic E-state index is -0.184. The molecule has 0 bridgehead atoms. The van der Waals surface area contributed by atoms with E-state index in [0.29, 0.717) is 24.0 Å². The molecule has 0 radical (unpaired) electrons. The van der Waals surface area contributed by atoms with Crippen molar-refractivity contribution in [2.45, 2.75) is 25.3 Å². The van der Waals surface area contributed by atoms with Crippen molar-refractivity contribution in [3.63, 3.8) is 0 Å². The third-order valence-electron chi connectivity index (χ3n) is 4.80. The molecule has 1 aliphatic carbocycles. The minimum Gasteiger partial charge on any atom is -0.305 e. The molecule has 7 heteroatoms. The Morgan fingerprint density at radius 2 is 2.00 bits per heavy atom. The highest BCUT2D eigenvalue weighted by Gasteiger charge is 2.29. The summed E-state index contributed by atoms with van der Waals surface area (Å²) in [5.74, 6) is 0.962. The van der Waals surface area contributed by atoms with Gasteiger partial charge in [-0.2, -0.15) is 10.2 Å². The van der Waals surface area contributed by atoms with Crippen molar-refractivity contribution in [1.82, 2.24) is 19.6 Å². The SMILES string of the molecule is O=C(Nc1ccnn1Cc1cccs1)c1cc(C2CC2)nn1-c1ccccc1. The highest BCUT2D eigenvalue weighted by Crippen LogP contribution is 2.39. The smallest absolute Gasteiger partial charge is 0.275 e. The molecule has 6 nitrogen and oxygen atoms in total. The second-order valence-corrected chi connectivity index (χ2v) is 7.92. The molecule has 3 aromatic heterocycles. The summed E-state index contributed by atoms with van der Waals surface area (Å²) >= 11 is 1.67.